The van der Waals surface area contributed by atoms with Gasteiger partial charge in [-0.25, -0.2) is 0 Å². The molecule has 3 nitrogen and oxygen atoms in total. The zero-order valence-electron chi connectivity index (χ0n) is 13.8. The first-order chi connectivity index (χ1) is 10.6. The fourth-order valence-electron chi connectivity index (χ4n) is 2.38. The number of benzene rings is 2. The van der Waals surface area contributed by atoms with Crippen LogP contribution < -0.4 is 0 Å². The fraction of sp³-hybridized carbons (Fsp3) is 0.368. The number of ether oxygens (including phenoxy) is 2. The lowest BCUT2D eigenvalue weighted by atomic mass is 9.98. The fourth-order valence-corrected chi connectivity index (χ4v) is 2.38. The van der Waals surface area contributed by atoms with Crippen molar-refractivity contribution >= 4 is 0 Å². The van der Waals surface area contributed by atoms with Crippen molar-refractivity contribution in [2.75, 3.05) is 21.2 Å². The van der Waals surface area contributed by atoms with Crippen molar-refractivity contribution in [3.63, 3.8) is 0 Å². The molecule has 0 fully saturated rings. The van der Waals surface area contributed by atoms with Crippen LogP contribution in [-0.2, 0) is 9.47 Å². The minimum Gasteiger partial charge on any atom is -0.374 e. The third kappa shape index (κ3) is 4.17. The smallest absolute Gasteiger partial charge is 0.115 e. The molecule has 0 spiro atoms. The molecule has 0 saturated carbocycles. The topological polar surface area (TPSA) is 21.7 Å². The number of hydrogen-bond donors (Lipinski definition) is 0. The van der Waals surface area contributed by atoms with E-state index >= 15 is 0 Å². The summed E-state index contributed by atoms with van der Waals surface area (Å²) in [4.78, 5) is 2.05. The Morgan fingerprint density at radius 3 is 1.64 bits per heavy atom. The van der Waals surface area contributed by atoms with Crippen LogP contribution in [0.25, 0.3) is 0 Å². The lowest BCUT2D eigenvalue weighted by molar-refractivity contribution is -0.128. The number of methoxy groups -OCH3 is 1. The highest BCUT2D eigenvalue weighted by molar-refractivity contribution is 5.25. The maximum Gasteiger partial charge on any atom is 0.115 e. The lowest BCUT2D eigenvalue weighted by Crippen LogP contribution is -2.31. The molecule has 0 aliphatic heterocycles. The van der Waals surface area contributed by atoms with Gasteiger partial charge in [0.15, 0.2) is 0 Å². The molecule has 0 saturated heterocycles. The molecule has 0 heterocycles. The monoisotopic (exact) mass is 299 g/mol. The van der Waals surface area contributed by atoms with Gasteiger partial charge in [0.2, 0.25) is 0 Å². The average molecular weight is 299 g/mol. The molecule has 3 heteroatoms. The highest BCUT2D eigenvalue weighted by atomic mass is 16.5. The van der Waals surface area contributed by atoms with E-state index in [1.54, 1.807) is 7.11 Å². The van der Waals surface area contributed by atoms with Crippen LogP contribution in [0.5, 0.6) is 0 Å². The van der Waals surface area contributed by atoms with Gasteiger partial charge >= 0.3 is 0 Å². The van der Waals surface area contributed by atoms with E-state index in [0.29, 0.717) is 0 Å². The Labute approximate surface area is 133 Å². The van der Waals surface area contributed by atoms with Crippen molar-refractivity contribution in [2.45, 2.75) is 25.4 Å². The maximum atomic E-state index is 6.31. The summed E-state index contributed by atoms with van der Waals surface area (Å²) in [6, 6.07) is 20.5. The Hall–Kier alpha value is -1.68. The molecule has 0 radical (unpaired) electrons. The van der Waals surface area contributed by atoms with E-state index in [-0.39, 0.29) is 18.4 Å². The largest absolute Gasteiger partial charge is 0.374 e. The number of nitrogens with zero attached hydrogens (tertiary/aromatic N) is 1. The molecule has 3 atom stereocenters. The summed E-state index contributed by atoms with van der Waals surface area (Å²) in [5.41, 5.74) is 2.23. The van der Waals surface area contributed by atoms with E-state index in [1.807, 2.05) is 62.3 Å². The van der Waals surface area contributed by atoms with Gasteiger partial charge in [-0.05, 0) is 32.1 Å². The highest BCUT2D eigenvalue weighted by Crippen LogP contribution is 2.35. The van der Waals surface area contributed by atoms with Gasteiger partial charge in [-0.1, -0.05) is 60.7 Å². The van der Waals surface area contributed by atoms with E-state index in [2.05, 4.69) is 24.3 Å². The molecule has 0 aliphatic carbocycles. The highest BCUT2D eigenvalue weighted by Gasteiger charge is 2.27. The molecule has 0 amide bonds. The second-order valence-electron chi connectivity index (χ2n) is 5.60. The third-order valence-corrected chi connectivity index (χ3v) is 3.86. The van der Waals surface area contributed by atoms with E-state index < -0.39 is 0 Å². The van der Waals surface area contributed by atoms with Gasteiger partial charge in [-0.15, -0.1) is 0 Å². The van der Waals surface area contributed by atoms with E-state index in [0.717, 1.165) is 11.1 Å². The van der Waals surface area contributed by atoms with Crippen LogP contribution in [0.4, 0.5) is 0 Å². The first-order valence-corrected chi connectivity index (χ1v) is 7.58. The van der Waals surface area contributed by atoms with Crippen LogP contribution in [-0.4, -0.2) is 32.3 Å². The van der Waals surface area contributed by atoms with E-state index in [4.69, 9.17) is 9.47 Å². The Bertz CT molecular complexity index is 542. The number of hydrogen-bond acceptors (Lipinski definition) is 3. The van der Waals surface area contributed by atoms with E-state index in [9.17, 15) is 0 Å². The van der Waals surface area contributed by atoms with Crippen molar-refractivity contribution in [3.8, 4) is 0 Å². The standard InChI is InChI=1S/C19H25NO2/c1-15(20(2)3)22-19(17-13-9-6-10-14-17)18(21-4)16-11-7-5-8-12-16/h5-15,18-19H,1-4H3/t15-,18-,19-/m1/s1. The van der Waals surface area contributed by atoms with Crippen LogP contribution in [0.15, 0.2) is 60.7 Å². The van der Waals surface area contributed by atoms with Crippen molar-refractivity contribution in [2.24, 2.45) is 0 Å². The Balaban J connectivity index is 2.34. The second-order valence-corrected chi connectivity index (χ2v) is 5.60. The first-order valence-electron chi connectivity index (χ1n) is 7.58. The van der Waals surface area contributed by atoms with Gasteiger partial charge < -0.3 is 9.47 Å². The van der Waals surface area contributed by atoms with Crippen molar-refractivity contribution < 1.29 is 9.47 Å². The van der Waals surface area contributed by atoms with Crippen LogP contribution in [0.2, 0.25) is 0 Å². The van der Waals surface area contributed by atoms with Gasteiger partial charge in [0.05, 0.1) is 0 Å². The lowest BCUT2D eigenvalue weighted by Gasteiger charge is -2.32. The minimum atomic E-state index is -0.161. The summed E-state index contributed by atoms with van der Waals surface area (Å²) in [6.07, 6.45) is -0.316. The van der Waals surface area contributed by atoms with E-state index in [1.165, 1.54) is 0 Å². The summed E-state index contributed by atoms with van der Waals surface area (Å²) in [7, 11) is 5.76. The van der Waals surface area contributed by atoms with Crippen molar-refractivity contribution in [1.82, 2.24) is 4.90 Å². The molecule has 22 heavy (non-hydrogen) atoms. The van der Waals surface area contributed by atoms with Crippen LogP contribution >= 0.6 is 0 Å². The minimum absolute atomic E-state index is 0.00781. The molecule has 0 N–H and O–H groups in total. The van der Waals surface area contributed by atoms with Crippen molar-refractivity contribution in [3.05, 3.63) is 71.8 Å². The third-order valence-electron chi connectivity index (χ3n) is 3.86. The second kappa shape index (κ2) is 8.08. The summed E-state index contributed by atoms with van der Waals surface area (Å²) in [5.74, 6) is 0. The summed E-state index contributed by atoms with van der Waals surface area (Å²) >= 11 is 0. The summed E-state index contributed by atoms with van der Waals surface area (Å²) < 4.78 is 12.1. The van der Waals surface area contributed by atoms with Gasteiger partial charge in [0.25, 0.3) is 0 Å². The van der Waals surface area contributed by atoms with Gasteiger partial charge in [0.1, 0.15) is 18.4 Å². The molecule has 0 unspecified atom stereocenters. The summed E-state index contributed by atoms with van der Waals surface area (Å²) in [5, 5.41) is 0. The zero-order chi connectivity index (χ0) is 15.9. The Morgan fingerprint density at radius 2 is 1.23 bits per heavy atom. The quantitative estimate of drug-likeness (QED) is 0.720. The zero-order valence-corrected chi connectivity index (χ0v) is 13.8. The summed E-state index contributed by atoms with van der Waals surface area (Å²) in [6.45, 7) is 2.05. The molecule has 0 aliphatic rings. The molecule has 0 bridgehead atoms. The maximum absolute atomic E-state index is 6.31. The van der Waals surface area contributed by atoms with Crippen LogP contribution in [0, 0.1) is 0 Å². The molecule has 2 rings (SSSR count). The van der Waals surface area contributed by atoms with Gasteiger partial charge in [-0.3, -0.25) is 4.90 Å². The molecular weight excluding hydrogens is 274 g/mol. The predicted octanol–water partition coefficient (Wildman–Crippen LogP) is 4.04. The van der Waals surface area contributed by atoms with Crippen LogP contribution in [0.3, 0.4) is 0 Å². The molecule has 118 valence electrons. The molecule has 0 aromatic heterocycles. The SMILES string of the molecule is CO[C@H](c1ccccc1)[C@H](O[C@H](C)N(C)C)c1ccccc1. The molecule has 2 aromatic rings. The Kier molecular flexibility index (Phi) is 6.13. The predicted molar refractivity (Wildman–Crippen MR) is 89.6 cm³/mol. The molecule has 2 aromatic carbocycles. The molecular formula is C19H25NO2. The van der Waals surface area contributed by atoms with Gasteiger partial charge in [-0.2, -0.15) is 0 Å². The van der Waals surface area contributed by atoms with Gasteiger partial charge in [0, 0.05) is 7.11 Å². The Morgan fingerprint density at radius 1 is 0.773 bits per heavy atom. The first kappa shape index (κ1) is 16.7. The average Bonchev–Trinajstić information content (AvgIpc) is 2.56. The normalized spacial score (nSPS) is 15.5. The van der Waals surface area contributed by atoms with Crippen LogP contribution in [0.1, 0.15) is 30.3 Å². The van der Waals surface area contributed by atoms with Crippen molar-refractivity contribution in [1.29, 1.82) is 0 Å². The number of rotatable bonds is 7.